The van der Waals surface area contributed by atoms with Gasteiger partial charge in [0.15, 0.2) is 5.60 Å². The molecule has 0 bridgehead atoms. The molecule has 25 heavy (non-hydrogen) atoms. The lowest BCUT2D eigenvalue weighted by molar-refractivity contribution is 0.0665. The van der Waals surface area contributed by atoms with Gasteiger partial charge in [-0.25, -0.2) is 0 Å². The molecule has 1 fully saturated rings. The van der Waals surface area contributed by atoms with Gasteiger partial charge in [0, 0.05) is 30.5 Å². The number of benzene rings is 2. The molecule has 2 aliphatic rings. The maximum absolute atomic E-state index is 12.9. The van der Waals surface area contributed by atoms with Gasteiger partial charge >= 0.3 is 0 Å². The number of aromatic nitrogens is 1. The van der Waals surface area contributed by atoms with E-state index in [9.17, 15) is 15.0 Å². The highest BCUT2D eigenvalue weighted by Crippen LogP contribution is 2.45. The zero-order chi connectivity index (χ0) is 17.3. The summed E-state index contributed by atoms with van der Waals surface area (Å²) < 4.78 is 13.3. The van der Waals surface area contributed by atoms with Crippen LogP contribution in [0.2, 0.25) is 0 Å². The van der Waals surface area contributed by atoms with E-state index >= 15 is 0 Å². The van der Waals surface area contributed by atoms with Crippen molar-refractivity contribution in [2.45, 2.75) is 18.1 Å². The van der Waals surface area contributed by atoms with Crippen LogP contribution in [0.3, 0.4) is 0 Å². The van der Waals surface area contributed by atoms with E-state index in [4.69, 9.17) is 9.47 Å². The van der Waals surface area contributed by atoms with Crippen molar-refractivity contribution in [3.05, 3.63) is 46.1 Å². The molecule has 0 spiro atoms. The number of ether oxygens (including phenoxy) is 2. The Labute approximate surface area is 142 Å². The lowest BCUT2D eigenvalue weighted by atomic mass is 9.96. The van der Waals surface area contributed by atoms with Crippen molar-refractivity contribution in [3.63, 3.8) is 0 Å². The number of phenols is 1. The molecule has 0 unspecified atom stereocenters. The van der Waals surface area contributed by atoms with Gasteiger partial charge in [0.1, 0.15) is 17.6 Å². The molecule has 6 nitrogen and oxygen atoms in total. The predicted molar refractivity (Wildman–Crippen MR) is 92.2 cm³/mol. The fourth-order valence-electron chi connectivity index (χ4n) is 3.93. The van der Waals surface area contributed by atoms with Crippen molar-refractivity contribution in [2.75, 3.05) is 13.2 Å². The van der Waals surface area contributed by atoms with Crippen LogP contribution in [0.4, 0.5) is 0 Å². The van der Waals surface area contributed by atoms with E-state index in [1.165, 1.54) is 6.07 Å². The lowest BCUT2D eigenvalue weighted by Gasteiger charge is -2.16. The maximum atomic E-state index is 12.9. The second-order valence-electron chi connectivity index (χ2n) is 6.82. The van der Waals surface area contributed by atoms with E-state index in [1.807, 2.05) is 29.8 Å². The topological polar surface area (TPSA) is 84.2 Å². The summed E-state index contributed by atoms with van der Waals surface area (Å²) in [4.78, 5) is 12.9. The number of aliphatic hydroxyl groups excluding tert-OH is 1. The first kappa shape index (κ1) is 14.7. The molecule has 0 saturated carbocycles. The smallest absolute Gasteiger partial charge is 0.200 e. The fraction of sp³-hybridized carbons (Fsp3) is 0.316. The normalized spacial score (nSPS) is 24.5. The van der Waals surface area contributed by atoms with E-state index in [0.29, 0.717) is 35.1 Å². The number of hydrogen-bond donors (Lipinski definition) is 2. The quantitative estimate of drug-likeness (QED) is 0.545. The van der Waals surface area contributed by atoms with Gasteiger partial charge in [-0.2, -0.15) is 0 Å². The number of fused-ring (bicyclic) bond motifs is 4. The van der Waals surface area contributed by atoms with Crippen LogP contribution in [0.5, 0.6) is 11.5 Å². The molecule has 0 amide bonds. The van der Waals surface area contributed by atoms with Crippen molar-refractivity contribution in [2.24, 2.45) is 7.05 Å². The average Bonchev–Trinajstić information content (AvgIpc) is 3.31. The van der Waals surface area contributed by atoms with Crippen LogP contribution in [-0.2, 0) is 18.2 Å². The van der Waals surface area contributed by atoms with Gasteiger partial charge in [0.2, 0.25) is 5.43 Å². The highest BCUT2D eigenvalue weighted by molar-refractivity contribution is 5.99. The third kappa shape index (κ3) is 1.83. The average molecular weight is 339 g/mol. The SMILES string of the molecule is Cn1c2ccccc2c(=O)c2c(O)cc3c(c21)C[C@H]([C@@]1(CO)CO1)O3. The van der Waals surface area contributed by atoms with Crippen LogP contribution in [0.15, 0.2) is 35.1 Å². The van der Waals surface area contributed by atoms with Crippen LogP contribution in [0, 0.1) is 0 Å². The van der Waals surface area contributed by atoms with E-state index in [-0.39, 0.29) is 23.9 Å². The molecule has 0 radical (unpaired) electrons. The molecule has 2 N–H and O–H groups in total. The molecule has 3 aromatic rings. The number of nitrogens with zero attached hydrogens (tertiary/aromatic N) is 1. The number of aryl methyl sites for hydroxylation is 1. The number of rotatable bonds is 2. The summed E-state index contributed by atoms with van der Waals surface area (Å²) in [6, 6.07) is 8.85. The van der Waals surface area contributed by atoms with Gasteiger partial charge in [-0.15, -0.1) is 0 Å². The number of epoxide rings is 1. The number of aliphatic hydroxyl groups is 1. The Hall–Kier alpha value is -2.57. The van der Waals surface area contributed by atoms with Crippen molar-refractivity contribution >= 4 is 21.8 Å². The Bertz CT molecular complexity index is 1100. The van der Waals surface area contributed by atoms with E-state index in [1.54, 1.807) is 6.07 Å². The lowest BCUT2D eigenvalue weighted by Crippen LogP contribution is -2.37. The molecule has 6 heteroatoms. The van der Waals surface area contributed by atoms with Crippen LogP contribution in [0.1, 0.15) is 5.56 Å². The predicted octanol–water partition coefficient (Wildman–Crippen LogP) is 1.46. The molecule has 2 aromatic carbocycles. The summed E-state index contributed by atoms with van der Waals surface area (Å²) in [6.07, 6.45) is 0.206. The number of hydrogen-bond acceptors (Lipinski definition) is 5. The standard InChI is InChI=1S/C19H17NO5/c1-20-12-5-3-2-4-10(12)18(23)16-13(22)7-14-11(17(16)20)6-15(25-14)19(8-21)9-24-19/h2-5,7,15,21-22H,6,8-9H2,1H3/t15-,19-/m1/s1. The van der Waals surface area contributed by atoms with E-state index in [0.717, 1.165) is 11.1 Å². The summed E-state index contributed by atoms with van der Waals surface area (Å²) in [7, 11) is 1.88. The van der Waals surface area contributed by atoms with Crippen LogP contribution in [-0.4, -0.2) is 39.7 Å². The number of para-hydroxylation sites is 1. The zero-order valence-electron chi connectivity index (χ0n) is 13.7. The van der Waals surface area contributed by atoms with Crippen LogP contribution < -0.4 is 10.2 Å². The van der Waals surface area contributed by atoms with Crippen molar-refractivity contribution < 1.29 is 19.7 Å². The Morgan fingerprint density at radius 1 is 1.36 bits per heavy atom. The Morgan fingerprint density at radius 3 is 2.84 bits per heavy atom. The van der Waals surface area contributed by atoms with E-state index < -0.39 is 5.60 Å². The largest absolute Gasteiger partial charge is 0.507 e. The fourth-order valence-corrected chi connectivity index (χ4v) is 3.93. The first-order valence-corrected chi connectivity index (χ1v) is 8.23. The summed E-state index contributed by atoms with van der Waals surface area (Å²) in [5.41, 5.74) is 1.49. The molecule has 1 saturated heterocycles. The highest BCUT2D eigenvalue weighted by atomic mass is 16.6. The third-order valence-electron chi connectivity index (χ3n) is 5.44. The minimum absolute atomic E-state index is 0.0875. The second kappa shape index (κ2) is 4.74. The summed E-state index contributed by atoms with van der Waals surface area (Å²) in [6.45, 7) is 0.339. The van der Waals surface area contributed by atoms with Gasteiger partial charge < -0.3 is 24.3 Å². The minimum atomic E-state index is -0.670. The summed E-state index contributed by atoms with van der Waals surface area (Å²) in [5.74, 6) is 0.458. The highest BCUT2D eigenvalue weighted by Gasteiger charge is 2.55. The molecule has 5 rings (SSSR count). The van der Waals surface area contributed by atoms with Crippen molar-refractivity contribution in [3.8, 4) is 11.5 Å². The molecule has 2 aliphatic heterocycles. The Kier molecular flexibility index (Phi) is 2.80. The first-order valence-electron chi connectivity index (χ1n) is 8.23. The van der Waals surface area contributed by atoms with Crippen molar-refractivity contribution in [1.82, 2.24) is 4.57 Å². The molecule has 2 atom stereocenters. The monoisotopic (exact) mass is 339 g/mol. The summed E-state index contributed by atoms with van der Waals surface area (Å²) >= 11 is 0. The number of phenolic OH excluding ortho intramolecular Hbond substituents is 1. The third-order valence-corrected chi connectivity index (χ3v) is 5.44. The molecular formula is C19H17NO5. The van der Waals surface area contributed by atoms with Gasteiger partial charge in [0.05, 0.1) is 29.6 Å². The minimum Gasteiger partial charge on any atom is -0.507 e. The van der Waals surface area contributed by atoms with Crippen LogP contribution in [0.25, 0.3) is 21.8 Å². The van der Waals surface area contributed by atoms with Gasteiger partial charge in [0.25, 0.3) is 0 Å². The zero-order valence-corrected chi connectivity index (χ0v) is 13.7. The second-order valence-corrected chi connectivity index (χ2v) is 6.82. The summed E-state index contributed by atoms with van der Waals surface area (Å²) in [5, 5.41) is 21.0. The molecule has 0 aliphatic carbocycles. The van der Waals surface area contributed by atoms with Gasteiger partial charge in [-0.3, -0.25) is 4.79 Å². The number of pyridine rings is 1. The van der Waals surface area contributed by atoms with Crippen molar-refractivity contribution in [1.29, 1.82) is 0 Å². The van der Waals surface area contributed by atoms with Gasteiger partial charge in [-0.1, -0.05) is 12.1 Å². The molecular weight excluding hydrogens is 322 g/mol. The first-order chi connectivity index (χ1) is 12.1. The maximum Gasteiger partial charge on any atom is 0.200 e. The van der Waals surface area contributed by atoms with E-state index in [2.05, 4.69) is 0 Å². The van der Waals surface area contributed by atoms with Gasteiger partial charge in [-0.05, 0) is 12.1 Å². The Balaban J connectivity index is 1.83. The number of aromatic hydroxyl groups is 1. The Morgan fingerprint density at radius 2 is 2.12 bits per heavy atom. The molecule has 1 aromatic heterocycles. The molecule has 3 heterocycles. The van der Waals surface area contributed by atoms with Crippen LogP contribution >= 0.6 is 0 Å². The molecule has 128 valence electrons.